The Hall–Kier alpha value is -4.95. The van der Waals surface area contributed by atoms with Gasteiger partial charge in [0, 0.05) is 10.8 Å². The second-order valence-electron chi connectivity index (χ2n) is 9.68. The zero-order valence-corrected chi connectivity index (χ0v) is 20.1. The Morgan fingerprint density at radius 1 is 0.405 bits per heavy atom. The average molecular weight is 471 g/mol. The summed E-state index contributed by atoms with van der Waals surface area (Å²) in [5.74, 6) is 0. The van der Waals surface area contributed by atoms with Gasteiger partial charge in [0.1, 0.15) is 5.65 Å². The molecule has 0 radical (unpaired) electrons. The van der Waals surface area contributed by atoms with Gasteiger partial charge in [-0.25, -0.2) is 4.98 Å². The molecular weight excluding hydrogens is 448 g/mol. The first-order valence-corrected chi connectivity index (χ1v) is 12.6. The van der Waals surface area contributed by atoms with Crippen LogP contribution < -0.4 is 0 Å². The molecule has 0 N–H and O–H groups in total. The molecule has 8 rings (SSSR count). The van der Waals surface area contributed by atoms with Gasteiger partial charge in [-0.3, -0.25) is 4.40 Å². The largest absolute Gasteiger partial charge is 0.292 e. The zero-order valence-electron chi connectivity index (χ0n) is 20.1. The third-order valence-corrected chi connectivity index (χ3v) is 7.56. The van der Waals surface area contributed by atoms with Gasteiger partial charge < -0.3 is 0 Å². The SMILES string of the molecule is c1ccc2cc(-c3ccc(-c4ccc5c(c4)nc4c6ccccc6c6ccccc6n54)cc3)ccc2c1. The second kappa shape index (κ2) is 7.78. The Kier molecular flexibility index (Phi) is 4.26. The molecule has 0 saturated heterocycles. The third kappa shape index (κ3) is 3.09. The zero-order chi connectivity index (χ0) is 24.3. The molecule has 0 fully saturated rings. The van der Waals surface area contributed by atoms with E-state index in [1.807, 2.05) is 0 Å². The Bertz CT molecular complexity index is 2130. The van der Waals surface area contributed by atoms with E-state index in [9.17, 15) is 0 Å². The van der Waals surface area contributed by atoms with Crippen LogP contribution in [0.4, 0.5) is 0 Å². The molecule has 0 saturated carbocycles. The number of rotatable bonds is 2. The van der Waals surface area contributed by atoms with Crippen molar-refractivity contribution in [3.8, 4) is 22.3 Å². The molecule has 0 spiro atoms. The van der Waals surface area contributed by atoms with E-state index in [0.717, 1.165) is 16.7 Å². The summed E-state index contributed by atoms with van der Waals surface area (Å²) in [6, 6.07) is 47.9. The van der Waals surface area contributed by atoms with Crippen molar-refractivity contribution in [1.29, 1.82) is 0 Å². The Labute approximate surface area is 214 Å². The van der Waals surface area contributed by atoms with Gasteiger partial charge in [-0.15, -0.1) is 0 Å². The molecule has 6 aromatic carbocycles. The first-order chi connectivity index (χ1) is 18.3. The maximum Gasteiger partial charge on any atom is 0.146 e. The molecule has 2 nitrogen and oxygen atoms in total. The van der Waals surface area contributed by atoms with E-state index in [1.165, 1.54) is 54.7 Å². The van der Waals surface area contributed by atoms with Crippen molar-refractivity contribution in [3.05, 3.63) is 133 Å². The average Bonchev–Trinajstić information content (AvgIpc) is 3.36. The summed E-state index contributed by atoms with van der Waals surface area (Å²) < 4.78 is 2.31. The van der Waals surface area contributed by atoms with Crippen LogP contribution in [-0.4, -0.2) is 9.38 Å². The van der Waals surface area contributed by atoms with Crippen LogP contribution in [0.1, 0.15) is 0 Å². The lowest BCUT2D eigenvalue weighted by atomic mass is 9.98. The van der Waals surface area contributed by atoms with Crippen molar-refractivity contribution in [2.24, 2.45) is 0 Å². The molecule has 2 aromatic heterocycles. The Balaban J connectivity index is 1.26. The highest BCUT2D eigenvalue weighted by atomic mass is 15.0. The van der Waals surface area contributed by atoms with Crippen molar-refractivity contribution < 1.29 is 0 Å². The van der Waals surface area contributed by atoms with Gasteiger partial charge in [0.05, 0.1) is 16.6 Å². The molecule has 0 aliphatic rings. The van der Waals surface area contributed by atoms with Crippen LogP contribution in [0.25, 0.3) is 71.4 Å². The van der Waals surface area contributed by atoms with Crippen molar-refractivity contribution in [1.82, 2.24) is 9.38 Å². The van der Waals surface area contributed by atoms with Crippen molar-refractivity contribution in [2.45, 2.75) is 0 Å². The van der Waals surface area contributed by atoms with E-state index in [-0.39, 0.29) is 0 Å². The number of hydrogen-bond donors (Lipinski definition) is 0. The molecule has 0 aliphatic heterocycles. The Morgan fingerprint density at radius 3 is 1.81 bits per heavy atom. The van der Waals surface area contributed by atoms with Gasteiger partial charge >= 0.3 is 0 Å². The summed E-state index contributed by atoms with van der Waals surface area (Å²) in [7, 11) is 0. The minimum atomic E-state index is 1.01. The van der Waals surface area contributed by atoms with Crippen LogP contribution in [0.3, 0.4) is 0 Å². The summed E-state index contributed by atoms with van der Waals surface area (Å²) in [6.07, 6.45) is 0. The van der Waals surface area contributed by atoms with Crippen LogP contribution in [0.15, 0.2) is 133 Å². The highest BCUT2D eigenvalue weighted by Gasteiger charge is 2.14. The second-order valence-corrected chi connectivity index (χ2v) is 9.68. The quantitative estimate of drug-likeness (QED) is 0.230. The van der Waals surface area contributed by atoms with E-state index in [0.29, 0.717) is 0 Å². The van der Waals surface area contributed by atoms with Crippen molar-refractivity contribution in [2.75, 3.05) is 0 Å². The monoisotopic (exact) mass is 470 g/mol. The lowest BCUT2D eigenvalue weighted by molar-refractivity contribution is 1.31. The smallest absolute Gasteiger partial charge is 0.146 e. The number of imidazole rings is 1. The molecule has 2 heteroatoms. The van der Waals surface area contributed by atoms with Gasteiger partial charge in [-0.05, 0) is 62.7 Å². The highest BCUT2D eigenvalue weighted by Crippen LogP contribution is 2.34. The molecular formula is C35H22N2. The normalized spacial score (nSPS) is 11.8. The fourth-order valence-corrected chi connectivity index (χ4v) is 5.72. The number of fused-ring (bicyclic) bond motifs is 9. The minimum Gasteiger partial charge on any atom is -0.292 e. The van der Waals surface area contributed by atoms with E-state index >= 15 is 0 Å². The highest BCUT2D eigenvalue weighted by molar-refractivity contribution is 6.13. The fourth-order valence-electron chi connectivity index (χ4n) is 5.72. The number of para-hydroxylation sites is 1. The van der Waals surface area contributed by atoms with Crippen LogP contribution in [0.2, 0.25) is 0 Å². The lowest BCUT2D eigenvalue weighted by Crippen LogP contribution is -1.90. The maximum atomic E-state index is 5.14. The molecule has 0 atom stereocenters. The number of nitrogens with zero attached hydrogens (tertiary/aromatic N) is 2. The van der Waals surface area contributed by atoms with Gasteiger partial charge in [0.25, 0.3) is 0 Å². The van der Waals surface area contributed by atoms with Gasteiger partial charge in [0.15, 0.2) is 0 Å². The summed E-state index contributed by atoms with van der Waals surface area (Å²) in [5.41, 5.74) is 9.17. The molecule has 172 valence electrons. The predicted octanol–water partition coefficient (Wildman–Crippen LogP) is 9.28. The third-order valence-electron chi connectivity index (χ3n) is 7.56. The van der Waals surface area contributed by atoms with Gasteiger partial charge in [0.2, 0.25) is 0 Å². The molecule has 2 heterocycles. The maximum absolute atomic E-state index is 5.14. The summed E-state index contributed by atoms with van der Waals surface area (Å²) in [5, 5.41) is 6.20. The minimum absolute atomic E-state index is 1.01. The first-order valence-electron chi connectivity index (χ1n) is 12.6. The molecule has 0 aliphatic carbocycles. The molecule has 0 bridgehead atoms. The number of hydrogen-bond acceptors (Lipinski definition) is 1. The molecule has 8 aromatic rings. The predicted molar refractivity (Wildman–Crippen MR) is 156 cm³/mol. The first kappa shape index (κ1) is 20.3. The number of aromatic nitrogens is 2. The summed E-state index contributed by atoms with van der Waals surface area (Å²) in [4.78, 5) is 5.14. The number of benzene rings is 6. The molecule has 37 heavy (non-hydrogen) atoms. The topological polar surface area (TPSA) is 17.3 Å². The van der Waals surface area contributed by atoms with E-state index in [1.54, 1.807) is 0 Å². The van der Waals surface area contributed by atoms with E-state index in [4.69, 9.17) is 4.98 Å². The molecule has 0 unspecified atom stereocenters. The van der Waals surface area contributed by atoms with Crippen molar-refractivity contribution in [3.63, 3.8) is 0 Å². The number of pyridine rings is 1. The molecule has 0 amide bonds. The van der Waals surface area contributed by atoms with E-state index < -0.39 is 0 Å². The van der Waals surface area contributed by atoms with Gasteiger partial charge in [-0.2, -0.15) is 0 Å². The van der Waals surface area contributed by atoms with Crippen LogP contribution in [-0.2, 0) is 0 Å². The van der Waals surface area contributed by atoms with Crippen molar-refractivity contribution >= 4 is 49.1 Å². The van der Waals surface area contributed by atoms with Crippen LogP contribution in [0, 0.1) is 0 Å². The summed E-state index contributed by atoms with van der Waals surface area (Å²) in [6.45, 7) is 0. The standard InChI is InChI=1S/C35H22N2/c1-2-8-26-21-27(18-17-23(26)7-1)24-13-15-25(16-14-24)28-19-20-34-32(22-28)36-35-31-11-4-3-9-29(31)30-10-5-6-12-33(30)37(34)35/h1-22H. The fraction of sp³-hybridized carbons (Fsp3) is 0. The van der Waals surface area contributed by atoms with Gasteiger partial charge in [-0.1, -0.05) is 109 Å². The van der Waals surface area contributed by atoms with Crippen LogP contribution in [0.5, 0.6) is 0 Å². The summed E-state index contributed by atoms with van der Waals surface area (Å²) >= 11 is 0. The lowest BCUT2D eigenvalue weighted by Gasteiger charge is -2.09. The Morgan fingerprint density at radius 2 is 1.00 bits per heavy atom. The van der Waals surface area contributed by atoms with E-state index in [2.05, 4.69) is 138 Å². The van der Waals surface area contributed by atoms with Crippen LogP contribution >= 0.6 is 0 Å².